The summed E-state index contributed by atoms with van der Waals surface area (Å²) in [6.45, 7) is 6.39. The lowest BCUT2D eigenvalue weighted by Crippen LogP contribution is -2.38. The molecule has 0 rings (SSSR count). The molecule has 0 atom stereocenters. The number of hydrogen-bond acceptors (Lipinski definition) is 5. The van der Waals surface area contributed by atoms with Crippen LogP contribution in [-0.2, 0) is 0 Å². The van der Waals surface area contributed by atoms with Crippen molar-refractivity contribution in [3.8, 4) is 0 Å². The maximum atomic E-state index is 6.96. The fourth-order valence-corrected chi connectivity index (χ4v) is 1.28. The number of hydrogen-bond donors (Lipinski definition) is 8. The van der Waals surface area contributed by atoms with Crippen molar-refractivity contribution >= 4 is 11.9 Å². The number of aliphatic imine (C=N–C) groups is 1. The van der Waals surface area contributed by atoms with E-state index >= 15 is 0 Å². The molecule has 0 aromatic heterocycles. The molecule has 0 aliphatic heterocycles. The van der Waals surface area contributed by atoms with Crippen LogP contribution < -0.4 is 38.5 Å². The molecule has 9 heteroatoms. The topological polar surface area (TPSA) is 162 Å². The zero-order valence-corrected chi connectivity index (χ0v) is 11.3. The van der Waals surface area contributed by atoms with Crippen LogP contribution >= 0.6 is 0 Å². The molecule has 0 aliphatic carbocycles. The number of nitrogens with one attached hydrogen (secondary N) is 5. The van der Waals surface area contributed by atoms with Gasteiger partial charge in [0.05, 0.1) is 6.54 Å². The zero-order valence-electron chi connectivity index (χ0n) is 11.3. The molecule has 0 bridgehead atoms. The molecule has 0 saturated carbocycles. The predicted octanol–water partition coefficient (Wildman–Crippen LogP) is -3.49. The van der Waals surface area contributed by atoms with Gasteiger partial charge in [-0.2, -0.15) is 0 Å². The van der Waals surface area contributed by atoms with E-state index in [0.717, 1.165) is 39.3 Å². The van der Waals surface area contributed by atoms with Gasteiger partial charge in [0.25, 0.3) is 0 Å². The molecule has 0 fully saturated rings. The van der Waals surface area contributed by atoms with E-state index in [0.29, 0.717) is 13.1 Å². The van der Waals surface area contributed by atoms with Gasteiger partial charge in [0.15, 0.2) is 11.9 Å². The summed E-state index contributed by atoms with van der Waals surface area (Å²) in [5.41, 5.74) is 15.5. The minimum Gasteiger partial charge on any atom is -0.370 e. The first-order chi connectivity index (χ1) is 9.13. The molecule has 9 nitrogen and oxygen atoms in total. The molecule has 0 spiro atoms. The summed E-state index contributed by atoms with van der Waals surface area (Å²) >= 11 is 0. The molecule has 0 aliphatic rings. The standard InChI is InChI=1S/C10H27N9/c11-9(12)18-7-5-16-3-1-15-2-4-17-6-8-19-10(13)14/h15-17H,1-8H2,(H4,11,12,18)(H4,13,14,19). The van der Waals surface area contributed by atoms with Crippen LogP contribution in [0.15, 0.2) is 4.99 Å². The maximum absolute atomic E-state index is 6.96. The van der Waals surface area contributed by atoms with Gasteiger partial charge in [-0.25, -0.2) is 0 Å². The van der Waals surface area contributed by atoms with Gasteiger partial charge in [-0.05, 0) is 0 Å². The second-order valence-corrected chi connectivity index (χ2v) is 3.90. The fraction of sp³-hybridized carbons (Fsp3) is 0.800. The molecular weight excluding hydrogens is 246 g/mol. The SMILES string of the molecule is N=C(N)NCCNCCNCCNCCN=C(N)N. The molecule has 0 aromatic carbocycles. The van der Waals surface area contributed by atoms with Crippen molar-refractivity contribution < 1.29 is 0 Å². The first-order valence-electron chi connectivity index (χ1n) is 6.38. The lowest BCUT2D eigenvalue weighted by molar-refractivity contribution is 0.581. The van der Waals surface area contributed by atoms with Gasteiger partial charge < -0.3 is 38.5 Å². The maximum Gasteiger partial charge on any atom is 0.185 e. The average molecular weight is 273 g/mol. The number of nitrogens with two attached hydrogens (primary N) is 3. The quantitative estimate of drug-likeness (QED) is 0.104. The minimum absolute atomic E-state index is 0.00623. The Morgan fingerprint density at radius 3 is 1.74 bits per heavy atom. The van der Waals surface area contributed by atoms with E-state index in [9.17, 15) is 0 Å². The number of nitrogens with zero attached hydrogens (tertiary/aromatic N) is 1. The lowest BCUT2D eigenvalue weighted by atomic mass is 10.5. The second-order valence-electron chi connectivity index (χ2n) is 3.90. The molecule has 0 unspecified atom stereocenters. The summed E-state index contributed by atoms with van der Waals surface area (Å²) in [4.78, 5) is 3.86. The van der Waals surface area contributed by atoms with E-state index in [1.165, 1.54) is 0 Å². The highest BCUT2D eigenvalue weighted by Gasteiger charge is 1.90. The molecule has 112 valence electrons. The summed E-state index contributed by atoms with van der Waals surface area (Å²) < 4.78 is 0. The van der Waals surface area contributed by atoms with Crippen LogP contribution in [0.4, 0.5) is 0 Å². The van der Waals surface area contributed by atoms with Crippen molar-refractivity contribution in [2.75, 3.05) is 52.4 Å². The van der Waals surface area contributed by atoms with Crippen LogP contribution in [0, 0.1) is 5.41 Å². The lowest BCUT2D eigenvalue weighted by Gasteiger charge is -2.08. The highest BCUT2D eigenvalue weighted by molar-refractivity contribution is 5.75. The normalized spacial score (nSPS) is 10.1. The second kappa shape index (κ2) is 12.9. The van der Waals surface area contributed by atoms with Gasteiger partial charge in [0.2, 0.25) is 0 Å². The minimum atomic E-state index is 0.00623. The third kappa shape index (κ3) is 16.4. The summed E-state index contributed by atoms with van der Waals surface area (Å²) in [6.07, 6.45) is 0. The van der Waals surface area contributed by atoms with E-state index < -0.39 is 0 Å². The van der Waals surface area contributed by atoms with Crippen LogP contribution in [-0.4, -0.2) is 64.3 Å². The Balaban J connectivity index is 3.03. The summed E-state index contributed by atoms with van der Waals surface area (Å²) in [5, 5.41) is 19.4. The smallest absolute Gasteiger partial charge is 0.185 e. The Labute approximate surface area is 114 Å². The van der Waals surface area contributed by atoms with E-state index in [4.69, 9.17) is 22.6 Å². The van der Waals surface area contributed by atoms with Crippen molar-refractivity contribution in [2.45, 2.75) is 0 Å². The highest BCUT2D eigenvalue weighted by Crippen LogP contribution is 1.67. The van der Waals surface area contributed by atoms with Crippen LogP contribution in [0.2, 0.25) is 0 Å². The molecular formula is C10H27N9. The van der Waals surface area contributed by atoms with Crippen molar-refractivity contribution in [3.63, 3.8) is 0 Å². The van der Waals surface area contributed by atoms with Gasteiger partial charge in [-0.15, -0.1) is 0 Å². The van der Waals surface area contributed by atoms with Gasteiger partial charge in [-0.1, -0.05) is 0 Å². The molecule has 0 radical (unpaired) electrons. The average Bonchev–Trinajstić information content (AvgIpc) is 2.34. The largest absolute Gasteiger partial charge is 0.370 e. The highest BCUT2D eigenvalue weighted by atomic mass is 15.1. The van der Waals surface area contributed by atoms with Crippen LogP contribution in [0.5, 0.6) is 0 Å². The van der Waals surface area contributed by atoms with Crippen LogP contribution in [0.1, 0.15) is 0 Å². The van der Waals surface area contributed by atoms with E-state index in [-0.39, 0.29) is 11.9 Å². The first kappa shape index (κ1) is 17.4. The van der Waals surface area contributed by atoms with E-state index in [1.54, 1.807) is 0 Å². The molecule has 0 heterocycles. The van der Waals surface area contributed by atoms with E-state index in [2.05, 4.69) is 26.3 Å². The number of guanidine groups is 2. The Morgan fingerprint density at radius 1 is 0.789 bits per heavy atom. The molecule has 0 amide bonds. The fourth-order valence-electron chi connectivity index (χ4n) is 1.28. The molecule has 0 saturated heterocycles. The number of rotatable bonds is 12. The summed E-state index contributed by atoms with van der Waals surface area (Å²) in [6, 6.07) is 0. The van der Waals surface area contributed by atoms with Gasteiger partial charge in [0, 0.05) is 45.8 Å². The van der Waals surface area contributed by atoms with Gasteiger partial charge >= 0.3 is 0 Å². The summed E-state index contributed by atoms with van der Waals surface area (Å²) in [7, 11) is 0. The third-order valence-electron chi connectivity index (χ3n) is 2.16. The Hall–Kier alpha value is -1.58. The van der Waals surface area contributed by atoms with Crippen molar-refractivity contribution in [2.24, 2.45) is 22.2 Å². The van der Waals surface area contributed by atoms with Gasteiger partial charge in [-0.3, -0.25) is 10.4 Å². The zero-order chi connectivity index (χ0) is 14.3. The summed E-state index contributed by atoms with van der Waals surface area (Å²) in [5.74, 6) is 0.136. The Morgan fingerprint density at radius 2 is 1.26 bits per heavy atom. The van der Waals surface area contributed by atoms with Crippen molar-refractivity contribution in [1.29, 1.82) is 5.41 Å². The monoisotopic (exact) mass is 273 g/mol. The van der Waals surface area contributed by atoms with Crippen molar-refractivity contribution in [3.05, 3.63) is 0 Å². The van der Waals surface area contributed by atoms with Gasteiger partial charge in [0.1, 0.15) is 0 Å². The van der Waals surface area contributed by atoms with Crippen molar-refractivity contribution in [1.82, 2.24) is 21.3 Å². The predicted molar refractivity (Wildman–Crippen MR) is 79.2 cm³/mol. The van der Waals surface area contributed by atoms with E-state index in [1.807, 2.05) is 0 Å². The molecule has 0 aromatic rings. The van der Waals surface area contributed by atoms with Crippen LogP contribution in [0.25, 0.3) is 0 Å². The third-order valence-corrected chi connectivity index (χ3v) is 2.16. The molecule has 19 heavy (non-hydrogen) atoms. The Kier molecular flexibility index (Phi) is 11.8. The molecule has 11 N–H and O–H groups in total. The van der Waals surface area contributed by atoms with Crippen LogP contribution in [0.3, 0.4) is 0 Å². The first-order valence-corrected chi connectivity index (χ1v) is 6.38. The Bertz CT molecular complexity index is 249.